The fraction of sp³-hybridized carbons (Fsp3) is 0.588. The van der Waals surface area contributed by atoms with Crippen LogP contribution in [0.15, 0.2) is 24.3 Å². The van der Waals surface area contributed by atoms with E-state index in [1.165, 1.54) is 22.7 Å². The van der Waals surface area contributed by atoms with Gasteiger partial charge >= 0.3 is 0 Å². The molecule has 1 atom stereocenters. The number of benzene rings is 1. The van der Waals surface area contributed by atoms with Gasteiger partial charge in [0, 0.05) is 39.3 Å². The molecule has 1 heterocycles. The molecule has 0 spiro atoms. The van der Waals surface area contributed by atoms with Crippen LogP contribution >= 0.6 is 0 Å². The molecule has 1 aliphatic rings. The maximum Gasteiger partial charge on any atom is 0.281 e. The van der Waals surface area contributed by atoms with Gasteiger partial charge in [0.1, 0.15) is 11.9 Å². The van der Waals surface area contributed by atoms with Crippen molar-refractivity contribution in [3.63, 3.8) is 0 Å². The Balaban J connectivity index is 1.86. The second-order valence-electron chi connectivity index (χ2n) is 6.59. The number of aliphatic hydroxyl groups is 1. The third-order valence-electron chi connectivity index (χ3n) is 4.17. The summed E-state index contributed by atoms with van der Waals surface area (Å²) in [4.78, 5) is 11.9. The molecule has 1 aromatic rings. The van der Waals surface area contributed by atoms with Crippen LogP contribution < -0.4 is 10.1 Å². The molecule has 1 saturated heterocycles. The molecule has 1 fully saturated rings. The Morgan fingerprint density at radius 3 is 2.38 bits per heavy atom. The molecule has 0 bridgehead atoms. The third-order valence-corrected chi connectivity index (χ3v) is 6.11. The Labute approximate surface area is 154 Å². The van der Waals surface area contributed by atoms with Gasteiger partial charge in [-0.2, -0.15) is 17.0 Å². The number of hydrogen-bond acceptors (Lipinski definition) is 5. The minimum Gasteiger partial charge on any atom is -0.490 e. The quantitative estimate of drug-likeness (QED) is 0.710. The molecule has 1 aliphatic heterocycles. The standard InChI is InChI=1S/C17H27N3O5S/c1-13(21)12-18-17(22)14-4-6-15(7-5-14)25-16-8-10-20(11-9-16)26(23,24)19(2)3/h4-7,13,16,21H,8-12H2,1-3H3,(H,18,22)/t13-/m1/s1. The predicted octanol–water partition coefficient (Wildman–Crippen LogP) is 0.447. The zero-order chi connectivity index (χ0) is 19.3. The van der Waals surface area contributed by atoms with E-state index in [0.717, 1.165) is 0 Å². The predicted molar refractivity (Wildman–Crippen MR) is 98.3 cm³/mol. The summed E-state index contributed by atoms with van der Waals surface area (Å²) >= 11 is 0. The van der Waals surface area contributed by atoms with Crippen LogP contribution in [-0.4, -0.2) is 74.0 Å². The number of hydrogen-bond donors (Lipinski definition) is 2. The maximum absolute atomic E-state index is 12.1. The summed E-state index contributed by atoms with van der Waals surface area (Å²) in [7, 11) is -0.325. The molecule has 1 aromatic carbocycles. The molecule has 1 amide bonds. The largest absolute Gasteiger partial charge is 0.490 e. The van der Waals surface area contributed by atoms with Gasteiger partial charge in [-0.1, -0.05) is 0 Å². The van der Waals surface area contributed by atoms with Crippen LogP contribution in [-0.2, 0) is 10.2 Å². The van der Waals surface area contributed by atoms with Crippen LogP contribution in [0.25, 0.3) is 0 Å². The van der Waals surface area contributed by atoms with Gasteiger partial charge in [-0.25, -0.2) is 0 Å². The molecule has 9 heteroatoms. The van der Waals surface area contributed by atoms with Gasteiger partial charge < -0.3 is 15.2 Å². The van der Waals surface area contributed by atoms with Gasteiger partial charge in [-0.3, -0.25) is 4.79 Å². The lowest BCUT2D eigenvalue weighted by molar-refractivity contribution is 0.0924. The highest BCUT2D eigenvalue weighted by Gasteiger charge is 2.30. The van der Waals surface area contributed by atoms with Crippen molar-refractivity contribution in [2.45, 2.75) is 32.0 Å². The normalized spacial score (nSPS) is 17.9. The van der Waals surface area contributed by atoms with Crippen LogP contribution in [0.1, 0.15) is 30.1 Å². The molecule has 0 aromatic heterocycles. The number of carbonyl (C=O) groups is 1. The summed E-state index contributed by atoms with van der Waals surface area (Å²) in [5.41, 5.74) is 0.491. The number of nitrogens with zero attached hydrogens (tertiary/aromatic N) is 2. The van der Waals surface area contributed by atoms with Crippen LogP contribution in [0, 0.1) is 0 Å². The molecule has 146 valence electrons. The Morgan fingerprint density at radius 2 is 1.88 bits per heavy atom. The molecule has 8 nitrogen and oxygen atoms in total. The minimum absolute atomic E-state index is 0.0569. The molecule has 0 radical (unpaired) electrons. The molecule has 0 aliphatic carbocycles. The molecular weight excluding hydrogens is 358 g/mol. The summed E-state index contributed by atoms with van der Waals surface area (Å²) < 4.78 is 32.8. The SMILES string of the molecule is C[C@@H](O)CNC(=O)c1ccc(OC2CCN(S(=O)(=O)N(C)C)CC2)cc1. The molecular formula is C17H27N3O5S. The van der Waals surface area contributed by atoms with E-state index in [9.17, 15) is 18.3 Å². The zero-order valence-electron chi connectivity index (χ0n) is 15.4. The highest BCUT2D eigenvalue weighted by molar-refractivity contribution is 7.86. The van der Waals surface area contributed by atoms with E-state index in [2.05, 4.69) is 5.32 Å². The molecule has 2 rings (SSSR count). The highest BCUT2D eigenvalue weighted by atomic mass is 32.2. The summed E-state index contributed by atoms with van der Waals surface area (Å²) in [6.45, 7) is 2.65. The van der Waals surface area contributed by atoms with E-state index in [1.54, 1.807) is 31.2 Å². The lowest BCUT2D eigenvalue weighted by Crippen LogP contribution is -2.46. The minimum atomic E-state index is -3.37. The smallest absolute Gasteiger partial charge is 0.281 e. The first kappa shape index (κ1) is 20.6. The summed E-state index contributed by atoms with van der Waals surface area (Å²) in [5.74, 6) is 0.394. The van der Waals surface area contributed by atoms with Crippen molar-refractivity contribution < 1.29 is 23.1 Å². The van der Waals surface area contributed by atoms with Crippen molar-refractivity contribution in [1.82, 2.24) is 13.9 Å². The number of piperidine rings is 1. The zero-order valence-corrected chi connectivity index (χ0v) is 16.2. The van der Waals surface area contributed by atoms with E-state index in [0.29, 0.717) is 37.2 Å². The fourth-order valence-corrected chi connectivity index (χ4v) is 3.77. The maximum atomic E-state index is 12.1. The van der Waals surface area contributed by atoms with Crippen molar-refractivity contribution in [3.8, 4) is 5.75 Å². The lowest BCUT2D eigenvalue weighted by atomic mass is 10.1. The van der Waals surface area contributed by atoms with Crippen LogP contribution in [0.5, 0.6) is 5.75 Å². The number of carbonyl (C=O) groups excluding carboxylic acids is 1. The number of ether oxygens (including phenoxy) is 1. The first-order valence-corrected chi connectivity index (χ1v) is 10.0. The Kier molecular flexibility index (Phi) is 6.99. The van der Waals surface area contributed by atoms with Crippen LogP contribution in [0.3, 0.4) is 0 Å². The summed E-state index contributed by atoms with van der Waals surface area (Å²) in [6.07, 6.45) is 0.579. The Morgan fingerprint density at radius 1 is 1.31 bits per heavy atom. The number of rotatable bonds is 7. The number of amides is 1. The van der Waals surface area contributed by atoms with E-state index in [1.807, 2.05) is 0 Å². The lowest BCUT2D eigenvalue weighted by Gasteiger charge is -2.32. The van der Waals surface area contributed by atoms with Crippen molar-refractivity contribution >= 4 is 16.1 Å². The Bertz CT molecular complexity index is 696. The summed E-state index contributed by atoms with van der Waals surface area (Å²) in [6, 6.07) is 6.77. The van der Waals surface area contributed by atoms with Gasteiger partial charge in [0.2, 0.25) is 0 Å². The molecule has 26 heavy (non-hydrogen) atoms. The molecule has 2 N–H and O–H groups in total. The van der Waals surface area contributed by atoms with Gasteiger partial charge in [-0.05, 0) is 44.0 Å². The first-order chi connectivity index (χ1) is 12.2. The topological polar surface area (TPSA) is 99.2 Å². The highest BCUT2D eigenvalue weighted by Crippen LogP contribution is 2.21. The second-order valence-corrected chi connectivity index (χ2v) is 8.73. The van der Waals surface area contributed by atoms with E-state index < -0.39 is 16.3 Å². The van der Waals surface area contributed by atoms with Gasteiger partial charge in [0.15, 0.2) is 0 Å². The van der Waals surface area contributed by atoms with Crippen molar-refractivity contribution in [1.29, 1.82) is 0 Å². The van der Waals surface area contributed by atoms with Crippen LogP contribution in [0.2, 0.25) is 0 Å². The summed E-state index contributed by atoms with van der Waals surface area (Å²) in [5, 5.41) is 11.8. The van der Waals surface area contributed by atoms with Crippen molar-refractivity contribution in [2.75, 3.05) is 33.7 Å². The second kappa shape index (κ2) is 8.81. The van der Waals surface area contributed by atoms with Gasteiger partial charge in [0.05, 0.1) is 6.10 Å². The molecule has 0 unspecified atom stereocenters. The van der Waals surface area contributed by atoms with Crippen molar-refractivity contribution in [3.05, 3.63) is 29.8 Å². The average molecular weight is 385 g/mol. The van der Waals surface area contributed by atoms with Gasteiger partial charge in [0.25, 0.3) is 16.1 Å². The Hall–Kier alpha value is -1.68. The third kappa shape index (κ3) is 5.41. The monoisotopic (exact) mass is 385 g/mol. The first-order valence-electron chi connectivity index (χ1n) is 8.60. The van der Waals surface area contributed by atoms with Crippen LogP contribution in [0.4, 0.5) is 0 Å². The van der Waals surface area contributed by atoms with E-state index >= 15 is 0 Å². The fourth-order valence-electron chi connectivity index (χ4n) is 2.63. The van der Waals surface area contributed by atoms with E-state index in [-0.39, 0.29) is 18.6 Å². The number of aliphatic hydroxyl groups excluding tert-OH is 1. The van der Waals surface area contributed by atoms with Gasteiger partial charge in [-0.15, -0.1) is 0 Å². The number of nitrogens with one attached hydrogen (secondary N) is 1. The van der Waals surface area contributed by atoms with Crippen molar-refractivity contribution in [2.24, 2.45) is 0 Å². The molecule has 0 saturated carbocycles. The van der Waals surface area contributed by atoms with E-state index in [4.69, 9.17) is 4.74 Å². The average Bonchev–Trinajstić information content (AvgIpc) is 2.60.